The summed E-state index contributed by atoms with van der Waals surface area (Å²) >= 11 is 1.77. The number of thiazole rings is 1. The van der Waals surface area contributed by atoms with Crippen molar-refractivity contribution in [2.24, 2.45) is 17.3 Å². The first-order valence-corrected chi connectivity index (χ1v) is 17.6. The van der Waals surface area contributed by atoms with Gasteiger partial charge >= 0.3 is 5.97 Å². The summed E-state index contributed by atoms with van der Waals surface area (Å²) in [5.74, 6) is 2.11. The molecule has 2 heterocycles. The number of anilines is 1. The molecule has 0 atom stereocenters. The molecule has 0 spiro atoms. The van der Waals surface area contributed by atoms with Gasteiger partial charge in [-0.3, -0.25) is 14.5 Å². The first-order chi connectivity index (χ1) is 21.8. The summed E-state index contributed by atoms with van der Waals surface area (Å²) in [4.78, 5) is 39.4. The number of benzene rings is 1. The fourth-order valence-electron chi connectivity index (χ4n) is 8.37. The fraction of sp³-hybridized carbons (Fsp3) is 0.568. The Hall–Kier alpha value is -3.26. The van der Waals surface area contributed by atoms with E-state index in [1.807, 2.05) is 23.4 Å². The highest BCUT2D eigenvalue weighted by molar-refractivity contribution is 7.15. The van der Waals surface area contributed by atoms with Crippen molar-refractivity contribution in [2.75, 3.05) is 25.7 Å². The lowest BCUT2D eigenvalue weighted by Crippen LogP contribution is -2.52. The molecule has 0 N–H and O–H groups in total. The Kier molecular flexibility index (Phi) is 8.21. The van der Waals surface area contributed by atoms with Crippen LogP contribution in [0.25, 0.3) is 10.4 Å². The van der Waals surface area contributed by atoms with Gasteiger partial charge in [0.15, 0.2) is 0 Å². The van der Waals surface area contributed by atoms with E-state index >= 15 is 0 Å². The Bertz CT molecular complexity index is 1550. The Morgan fingerprint density at radius 2 is 1.62 bits per heavy atom. The third-order valence-electron chi connectivity index (χ3n) is 11.5. The maximum absolute atomic E-state index is 14.5. The van der Waals surface area contributed by atoms with Crippen LogP contribution in [0.4, 0.5) is 5.82 Å². The lowest BCUT2D eigenvalue weighted by atomic mass is 9.51. The van der Waals surface area contributed by atoms with Crippen LogP contribution in [0.1, 0.15) is 99.1 Å². The molecule has 5 aliphatic rings. The summed E-state index contributed by atoms with van der Waals surface area (Å²) in [7, 11) is 3.19. The minimum absolute atomic E-state index is 0.0868. The van der Waals surface area contributed by atoms with E-state index in [4.69, 9.17) is 19.4 Å². The number of carbonyl (C=O) groups is 2. The van der Waals surface area contributed by atoms with Gasteiger partial charge in [0, 0.05) is 30.8 Å². The van der Waals surface area contributed by atoms with E-state index in [0.29, 0.717) is 38.1 Å². The van der Waals surface area contributed by atoms with Crippen molar-refractivity contribution in [2.45, 2.75) is 95.3 Å². The van der Waals surface area contributed by atoms with Crippen LogP contribution in [-0.2, 0) is 19.7 Å². The Labute approximate surface area is 270 Å². The summed E-state index contributed by atoms with van der Waals surface area (Å²) in [6.07, 6.45) is 15.9. The number of aryl methyl sites for hydroxylation is 1. The summed E-state index contributed by atoms with van der Waals surface area (Å²) < 4.78 is 10.6. The number of amides is 1. The molecular weight excluding hydrogens is 582 g/mol. The van der Waals surface area contributed by atoms with Crippen LogP contribution < -0.4 is 9.64 Å². The number of aromatic nitrogens is 2. The zero-order chi connectivity index (χ0) is 31.2. The predicted molar refractivity (Wildman–Crippen MR) is 177 cm³/mol. The number of hydrogen-bond donors (Lipinski definition) is 0. The number of esters is 1. The number of methoxy groups -OCH3 is 2. The van der Waals surface area contributed by atoms with E-state index in [2.05, 4.69) is 31.2 Å². The molecule has 5 fully saturated rings. The van der Waals surface area contributed by atoms with Gasteiger partial charge in [0.1, 0.15) is 11.6 Å². The third-order valence-corrected chi connectivity index (χ3v) is 12.7. The number of rotatable bonds is 9. The number of ether oxygens (including phenoxy) is 2. The van der Waals surface area contributed by atoms with Gasteiger partial charge in [0.05, 0.1) is 30.0 Å². The molecule has 5 saturated carbocycles. The van der Waals surface area contributed by atoms with Gasteiger partial charge in [0.2, 0.25) is 5.91 Å². The molecule has 0 unspecified atom stereocenters. The zero-order valence-corrected chi connectivity index (χ0v) is 27.7. The molecule has 0 aliphatic heterocycles. The van der Waals surface area contributed by atoms with Crippen molar-refractivity contribution >= 4 is 29.0 Å². The van der Waals surface area contributed by atoms with Crippen molar-refractivity contribution in [3.8, 4) is 16.2 Å². The monoisotopic (exact) mass is 627 g/mol. The largest absolute Gasteiger partial charge is 0.496 e. The van der Waals surface area contributed by atoms with Crippen LogP contribution in [0.5, 0.6) is 5.75 Å². The molecule has 0 radical (unpaired) electrons. The van der Waals surface area contributed by atoms with Crippen molar-refractivity contribution in [1.82, 2.24) is 9.97 Å². The summed E-state index contributed by atoms with van der Waals surface area (Å²) in [6, 6.07) is 10.9. The second-order valence-electron chi connectivity index (χ2n) is 14.2. The first-order valence-electron chi connectivity index (χ1n) is 16.8. The molecule has 3 aromatic rings. The van der Waals surface area contributed by atoms with Crippen molar-refractivity contribution in [3.63, 3.8) is 0 Å². The van der Waals surface area contributed by atoms with Gasteiger partial charge < -0.3 is 9.47 Å². The standard InChI is InChI=1S/C37H45N3O4S/c1-24-20-29(10-11-30(24)43-2)37-16-13-36(14-17-37,15-18-37)23-40(34(41)26-6-8-27(9-7-26)35(42)44-3)32-21-28(12-19-38-32)31-22-39-33(45-31)25-4-5-25/h10-12,19-22,25-27H,4-9,13-18,23H2,1-3H3. The van der Waals surface area contributed by atoms with Crippen molar-refractivity contribution in [1.29, 1.82) is 0 Å². The van der Waals surface area contributed by atoms with Crippen molar-refractivity contribution < 1.29 is 19.1 Å². The SMILES string of the molecule is COC(=O)C1CCC(C(=O)N(CC23CCC(c4ccc(OC)c(C)c4)(CC2)CC3)c2cc(-c3cnc(C4CC4)s3)ccn2)CC1. The molecule has 238 valence electrons. The topological polar surface area (TPSA) is 81.6 Å². The molecular formula is C37H45N3O4S. The van der Waals surface area contributed by atoms with Gasteiger partial charge in [-0.1, -0.05) is 12.1 Å². The number of carbonyl (C=O) groups excluding carboxylic acids is 2. The molecule has 8 rings (SSSR count). The quantitative estimate of drug-likeness (QED) is 0.224. The highest BCUT2D eigenvalue weighted by Crippen LogP contribution is 2.58. The van der Waals surface area contributed by atoms with E-state index in [9.17, 15) is 9.59 Å². The molecule has 45 heavy (non-hydrogen) atoms. The van der Waals surface area contributed by atoms with E-state index in [1.165, 1.54) is 36.1 Å². The van der Waals surface area contributed by atoms with E-state index in [-0.39, 0.29) is 34.5 Å². The first kappa shape index (κ1) is 30.4. The van der Waals surface area contributed by atoms with Crippen LogP contribution in [0.15, 0.2) is 42.7 Å². The van der Waals surface area contributed by atoms with Crippen LogP contribution >= 0.6 is 11.3 Å². The number of pyridine rings is 1. The van der Waals surface area contributed by atoms with Gasteiger partial charge in [-0.15, -0.1) is 11.3 Å². The summed E-state index contributed by atoms with van der Waals surface area (Å²) in [6.45, 7) is 2.84. The highest BCUT2D eigenvalue weighted by atomic mass is 32.1. The minimum atomic E-state index is -0.152. The van der Waals surface area contributed by atoms with Gasteiger partial charge in [-0.05, 0) is 130 Å². The number of nitrogens with zero attached hydrogens (tertiary/aromatic N) is 3. The molecule has 0 saturated heterocycles. The van der Waals surface area contributed by atoms with Crippen LogP contribution in [0.3, 0.4) is 0 Å². The van der Waals surface area contributed by atoms with Gasteiger partial charge in [0.25, 0.3) is 0 Å². The van der Waals surface area contributed by atoms with Crippen LogP contribution in [0, 0.1) is 24.2 Å². The van der Waals surface area contributed by atoms with E-state index in [1.54, 1.807) is 18.4 Å². The molecule has 8 heteroatoms. The van der Waals surface area contributed by atoms with E-state index in [0.717, 1.165) is 60.5 Å². The molecule has 1 aromatic carbocycles. The maximum atomic E-state index is 14.5. The second-order valence-corrected chi connectivity index (χ2v) is 15.3. The molecule has 2 aromatic heterocycles. The molecule has 5 aliphatic carbocycles. The van der Waals surface area contributed by atoms with Gasteiger partial charge in [-0.2, -0.15) is 0 Å². The smallest absolute Gasteiger partial charge is 0.308 e. The zero-order valence-electron chi connectivity index (χ0n) is 26.8. The number of hydrogen-bond acceptors (Lipinski definition) is 7. The Morgan fingerprint density at radius 3 is 2.27 bits per heavy atom. The highest BCUT2D eigenvalue weighted by Gasteiger charge is 2.51. The summed E-state index contributed by atoms with van der Waals surface area (Å²) in [5, 5.41) is 1.22. The molecule has 1 amide bonds. The second kappa shape index (κ2) is 12.2. The maximum Gasteiger partial charge on any atom is 0.308 e. The lowest BCUT2D eigenvalue weighted by Gasteiger charge is -2.55. The van der Waals surface area contributed by atoms with Gasteiger partial charge in [-0.25, -0.2) is 9.97 Å². The predicted octanol–water partition coefficient (Wildman–Crippen LogP) is 8.00. The Morgan fingerprint density at radius 1 is 0.911 bits per heavy atom. The minimum Gasteiger partial charge on any atom is -0.496 e. The van der Waals surface area contributed by atoms with Crippen LogP contribution in [-0.4, -0.2) is 42.6 Å². The molecule has 7 nitrogen and oxygen atoms in total. The van der Waals surface area contributed by atoms with Crippen LogP contribution in [0.2, 0.25) is 0 Å². The molecule has 2 bridgehead atoms. The lowest BCUT2D eigenvalue weighted by molar-refractivity contribution is -0.147. The number of fused-ring (bicyclic) bond motifs is 3. The van der Waals surface area contributed by atoms with Crippen molar-refractivity contribution in [3.05, 3.63) is 58.9 Å². The fourth-order valence-corrected chi connectivity index (χ4v) is 9.45. The third kappa shape index (κ3) is 5.91. The average molecular weight is 628 g/mol. The normalized spacial score (nSPS) is 27.6. The Balaban J connectivity index is 1.14. The average Bonchev–Trinajstić information content (AvgIpc) is 3.83. The van der Waals surface area contributed by atoms with E-state index < -0.39 is 0 Å². The summed E-state index contributed by atoms with van der Waals surface area (Å²) in [5.41, 5.74) is 4.01.